The molecule has 0 spiro atoms. The normalized spacial score (nSPS) is 13.7. The molecule has 18 heavy (non-hydrogen) atoms. The van der Waals surface area contributed by atoms with Crippen LogP contribution in [-0.2, 0) is 7.05 Å². The molecule has 2 heterocycles. The quantitative estimate of drug-likeness (QED) is 0.877. The summed E-state index contributed by atoms with van der Waals surface area (Å²) >= 11 is 3.48. The molecule has 1 aromatic heterocycles. The fourth-order valence-corrected chi connectivity index (χ4v) is 2.47. The summed E-state index contributed by atoms with van der Waals surface area (Å²) in [6.45, 7) is 1.12. The van der Waals surface area contributed by atoms with E-state index >= 15 is 0 Å². The monoisotopic (exact) mass is 309 g/mol. The molecule has 6 heteroatoms. The lowest BCUT2D eigenvalue weighted by molar-refractivity contribution is 0.170. The van der Waals surface area contributed by atoms with E-state index < -0.39 is 0 Å². The maximum atomic E-state index is 5.97. The lowest BCUT2D eigenvalue weighted by Gasteiger charge is -2.20. The number of hydrogen-bond donors (Lipinski definition) is 1. The first kappa shape index (κ1) is 11.4. The molecule has 2 aromatic rings. The molecule has 0 aliphatic carbocycles. The molecule has 0 atom stereocenters. The number of nitrogens with two attached hydrogens (primary N) is 1. The second kappa shape index (κ2) is 4.20. The van der Waals surface area contributed by atoms with Crippen LogP contribution in [0.15, 0.2) is 22.9 Å². The zero-order valence-corrected chi connectivity index (χ0v) is 11.4. The number of anilines is 1. The first-order chi connectivity index (χ1) is 8.66. The van der Waals surface area contributed by atoms with Crippen molar-refractivity contribution in [3.8, 4) is 22.8 Å². The lowest BCUT2D eigenvalue weighted by atomic mass is 10.1. The Labute approximate surface area is 113 Å². The van der Waals surface area contributed by atoms with Gasteiger partial charge < -0.3 is 19.8 Å². The number of imidazole rings is 1. The summed E-state index contributed by atoms with van der Waals surface area (Å²) in [7, 11) is 1.86. The Balaban J connectivity index is 2.14. The van der Waals surface area contributed by atoms with Gasteiger partial charge in [0.05, 0.1) is 10.8 Å². The molecule has 0 bridgehead atoms. The second-order valence-corrected chi connectivity index (χ2v) is 4.93. The van der Waals surface area contributed by atoms with Crippen molar-refractivity contribution in [1.82, 2.24) is 9.55 Å². The predicted octanol–water partition coefficient (Wildman–Crippen LogP) is 2.20. The molecule has 0 saturated carbocycles. The maximum absolute atomic E-state index is 5.97. The summed E-state index contributed by atoms with van der Waals surface area (Å²) in [5.41, 5.74) is 7.63. The molecule has 1 aromatic carbocycles. The fourth-order valence-electron chi connectivity index (χ4n) is 1.91. The van der Waals surface area contributed by atoms with Crippen LogP contribution in [0, 0.1) is 0 Å². The number of benzene rings is 1. The van der Waals surface area contributed by atoms with Crippen molar-refractivity contribution in [2.75, 3.05) is 18.9 Å². The molecular formula is C12H12BrN3O2. The SMILES string of the molecule is Cn1cnc(-c2cc(Br)c3c(c2)OCCO3)c1N. The van der Waals surface area contributed by atoms with Gasteiger partial charge in [0, 0.05) is 12.6 Å². The summed E-state index contributed by atoms with van der Waals surface area (Å²) in [5.74, 6) is 2.08. The fraction of sp³-hybridized carbons (Fsp3) is 0.250. The Morgan fingerprint density at radius 3 is 2.83 bits per heavy atom. The standard InChI is InChI=1S/C12H12BrN3O2/c1-16-6-15-10(12(16)14)7-4-8(13)11-9(5-7)17-2-3-18-11/h4-6H,2-3,14H2,1H3. The number of ether oxygens (including phenoxy) is 2. The van der Waals surface area contributed by atoms with Crippen LogP contribution in [-0.4, -0.2) is 22.8 Å². The van der Waals surface area contributed by atoms with Crippen LogP contribution < -0.4 is 15.2 Å². The third-order valence-corrected chi connectivity index (χ3v) is 3.44. The Bertz CT molecular complexity index is 610. The van der Waals surface area contributed by atoms with Gasteiger partial charge in [0.2, 0.25) is 0 Å². The van der Waals surface area contributed by atoms with Crippen LogP contribution in [0.3, 0.4) is 0 Å². The van der Waals surface area contributed by atoms with Crippen LogP contribution >= 0.6 is 15.9 Å². The minimum atomic E-state index is 0.556. The minimum absolute atomic E-state index is 0.556. The zero-order chi connectivity index (χ0) is 12.7. The predicted molar refractivity (Wildman–Crippen MR) is 71.7 cm³/mol. The van der Waals surface area contributed by atoms with Gasteiger partial charge in [-0.05, 0) is 28.1 Å². The molecule has 0 saturated heterocycles. The largest absolute Gasteiger partial charge is 0.486 e. The number of rotatable bonds is 1. The highest BCUT2D eigenvalue weighted by molar-refractivity contribution is 9.10. The zero-order valence-electron chi connectivity index (χ0n) is 9.81. The van der Waals surface area contributed by atoms with Crippen molar-refractivity contribution in [2.45, 2.75) is 0 Å². The van der Waals surface area contributed by atoms with Gasteiger partial charge in [-0.25, -0.2) is 4.98 Å². The highest BCUT2D eigenvalue weighted by atomic mass is 79.9. The van der Waals surface area contributed by atoms with Gasteiger partial charge >= 0.3 is 0 Å². The van der Waals surface area contributed by atoms with E-state index in [9.17, 15) is 0 Å². The van der Waals surface area contributed by atoms with Gasteiger partial charge in [-0.1, -0.05) is 0 Å². The van der Waals surface area contributed by atoms with Crippen LogP contribution in [0.5, 0.6) is 11.5 Å². The average molecular weight is 310 g/mol. The van der Waals surface area contributed by atoms with Gasteiger partial charge in [0.1, 0.15) is 24.7 Å². The van der Waals surface area contributed by atoms with E-state index in [2.05, 4.69) is 20.9 Å². The third-order valence-electron chi connectivity index (χ3n) is 2.85. The Kier molecular flexibility index (Phi) is 2.66. The highest BCUT2D eigenvalue weighted by Gasteiger charge is 2.18. The molecule has 0 amide bonds. The van der Waals surface area contributed by atoms with Crippen LogP contribution in [0.1, 0.15) is 0 Å². The van der Waals surface area contributed by atoms with Crippen molar-refractivity contribution in [3.05, 3.63) is 22.9 Å². The molecule has 3 rings (SSSR count). The van der Waals surface area contributed by atoms with Gasteiger partial charge in [-0.2, -0.15) is 0 Å². The van der Waals surface area contributed by atoms with E-state index in [-0.39, 0.29) is 0 Å². The van der Waals surface area contributed by atoms with Crippen molar-refractivity contribution < 1.29 is 9.47 Å². The first-order valence-corrected chi connectivity index (χ1v) is 6.32. The second-order valence-electron chi connectivity index (χ2n) is 4.07. The third kappa shape index (κ3) is 1.73. The summed E-state index contributed by atoms with van der Waals surface area (Å²) < 4.78 is 13.8. The van der Waals surface area contributed by atoms with E-state index in [1.165, 1.54) is 0 Å². The van der Waals surface area contributed by atoms with Gasteiger partial charge in [0.15, 0.2) is 11.5 Å². The molecule has 1 aliphatic heterocycles. The minimum Gasteiger partial charge on any atom is -0.486 e. The summed E-state index contributed by atoms with van der Waals surface area (Å²) in [4.78, 5) is 4.30. The van der Waals surface area contributed by atoms with Gasteiger partial charge in [-0.3, -0.25) is 0 Å². The number of fused-ring (bicyclic) bond motifs is 1. The van der Waals surface area contributed by atoms with Gasteiger partial charge in [-0.15, -0.1) is 0 Å². The van der Waals surface area contributed by atoms with Crippen molar-refractivity contribution in [3.63, 3.8) is 0 Å². The Morgan fingerprint density at radius 1 is 1.33 bits per heavy atom. The van der Waals surface area contributed by atoms with Crippen molar-refractivity contribution in [1.29, 1.82) is 0 Å². The molecule has 0 fully saturated rings. The van der Waals surface area contributed by atoms with Crippen LogP contribution in [0.4, 0.5) is 5.82 Å². The van der Waals surface area contributed by atoms with Crippen LogP contribution in [0.25, 0.3) is 11.3 Å². The molecule has 0 radical (unpaired) electrons. The number of halogens is 1. The lowest BCUT2D eigenvalue weighted by Crippen LogP contribution is -2.15. The number of aryl methyl sites for hydroxylation is 1. The van der Waals surface area contributed by atoms with Crippen molar-refractivity contribution in [2.24, 2.45) is 7.05 Å². The molecule has 0 unspecified atom stereocenters. The number of hydrogen-bond acceptors (Lipinski definition) is 4. The summed E-state index contributed by atoms with van der Waals surface area (Å²) in [6.07, 6.45) is 1.69. The van der Waals surface area contributed by atoms with E-state index in [0.717, 1.165) is 27.2 Å². The first-order valence-electron chi connectivity index (χ1n) is 5.53. The molecular weight excluding hydrogens is 298 g/mol. The van der Waals surface area contributed by atoms with E-state index in [1.54, 1.807) is 10.9 Å². The van der Waals surface area contributed by atoms with E-state index in [0.29, 0.717) is 19.0 Å². The molecule has 94 valence electrons. The highest BCUT2D eigenvalue weighted by Crippen LogP contribution is 2.41. The maximum Gasteiger partial charge on any atom is 0.175 e. The topological polar surface area (TPSA) is 62.3 Å². The number of nitrogen functional groups attached to an aromatic ring is 1. The molecule has 2 N–H and O–H groups in total. The summed E-state index contributed by atoms with van der Waals surface area (Å²) in [5, 5.41) is 0. The summed E-state index contributed by atoms with van der Waals surface area (Å²) in [6, 6.07) is 3.84. The van der Waals surface area contributed by atoms with Crippen molar-refractivity contribution >= 4 is 21.7 Å². The van der Waals surface area contributed by atoms with Gasteiger partial charge in [0.25, 0.3) is 0 Å². The van der Waals surface area contributed by atoms with E-state index in [4.69, 9.17) is 15.2 Å². The molecule has 5 nitrogen and oxygen atoms in total. The smallest absolute Gasteiger partial charge is 0.175 e. The number of nitrogens with zero attached hydrogens (tertiary/aromatic N) is 2. The average Bonchev–Trinajstić information content (AvgIpc) is 2.70. The number of aromatic nitrogens is 2. The Morgan fingerprint density at radius 2 is 2.11 bits per heavy atom. The van der Waals surface area contributed by atoms with E-state index in [1.807, 2.05) is 19.2 Å². The van der Waals surface area contributed by atoms with Crippen LogP contribution in [0.2, 0.25) is 0 Å². The Hall–Kier alpha value is -1.69. The molecule has 1 aliphatic rings.